The number of fused-ring (bicyclic) bond motifs is 1. The maximum atomic E-state index is 6.06. The van der Waals surface area contributed by atoms with E-state index in [4.69, 9.17) is 5.73 Å². The number of rotatable bonds is 1. The molecule has 0 heterocycles. The van der Waals surface area contributed by atoms with Gasteiger partial charge in [-0.1, -0.05) is 37.6 Å². The predicted octanol–water partition coefficient (Wildman–Crippen LogP) is 4.55. The Bertz CT molecular complexity index is 534. The Morgan fingerprint density at radius 3 is 2.79 bits per heavy atom. The van der Waals surface area contributed by atoms with Gasteiger partial charge in [0.15, 0.2) is 0 Å². The minimum absolute atomic E-state index is 0.233. The van der Waals surface area contributed by atoms with Crippen LogP contribution in [0.1, 0.15) is 45.4 Å². The molecule has 1 heteroatoms. The fourth-order valence-electron chi connectivity index (χ4n) is 4.01. The third-order valence-corrected chi connectivity index (χ3v) is 4.99. The lowest BCUT2D eigenvalue weighted by Crippen LogP contribution is -2.18. The smallest absolute Gasteiger partial charge is 0.0273 e. The second-order valence-corrected chi connectivity index (χ2v) is 5.95. The summed E-state index contributed by atoms with van der Waals surface area (Å²) in [5.41, 5.74) is 12.9. The third kappa shape index (κ3) is 1.75. The topological polar surface area (TPSA) is 26.0 Å². The molecule has 0 aromatic rings. The van der Waals surface area contributed by atoms with Crippen LogP contribution in [0.4, 0.5) is 0 Å². The lowest BCUT2D eigenvalue weighted by molar-refractivity contribution is 0.475. The van der Waals surface area contributed by atoms with Gasteiger partial charge >= 0.3 is 0 Å². The fourth-order valence-corrected chi connectivity index (χ4v) is 4.01. The monoisotopic (exact) mass is 253 g/mol. The van der Waals surface area contributed by atoms with Crippen LogP contribution < -0.4 is 5.73 Å². The molecule has 0 aromatic carbocycles. The molecule has 0 amide bonds. The highest BCUT2D eigenvalue weighted by atomic mass is 14.6. The minimum atomic E-state index is 0.233. The van der Waals surface area contributed by atoms with Gasteiger partial charge in [-0.2, -0.15) is 0 Å². The summed E-state index contributed by atoms with van der Waals surface area (Å²) in [7, 11) is 0. The van der Waals surface area contributed by atoms with Crippen molar-refractivity contribution in [1.82, 2.24) is 0 Å². The van der Waals surface area contributed by atoms with Gasteiger partial charge in [-0.3, -0.25) is 0 Å². The van der Waals surface area contributed by atoms with Crippen LogP contribution in [-0.4, -0.2) is 0 Å². The molecule has 0 atom stereocenters. The normalized spacial score (nSPS) is 27.7. The van der Waals surface area contributed by atoms with Crippen molar-refractivity contribution in [2.24, 2.45) is 11.1 Å². The zero-order chi connectivity index (χ0) is 13.5. The Morgan fingerprint density at radius 2 is 2.11 bits per heavy atom. The Labute approximate surface area is 116 Å². The molecule has 0 aliphatic heterocycles. The van der Waals surface area contributed by atoms with E-state index in [2.05, 4.69) is 24.8 Å². The first kappa shape index (κ1) is 12.5. The first-order valence-electron chi connectivity index (χ1n) is 7.43. The van der Waals surface area contributed by atoms with Gasteiger partial charge in [-0.05, 0) is 61.0 Å². The van der Waals surface area contributed by atoms with Crippen LogP contribution in [0.5, 0.6) is 0 Å². The van der Waals surface area contributed by atoms with E-state index in [1.54, 1.807) is 5.57 Å². The van der Waals surface area contributed by atoms with Crippen molar-refractivity contribution in [3.63, 3.8) is 0 Å². The van der Waals surface area contributed by atoms with Gasteiger partial charge in [0.05, 0.1) is 0 Å². The van der Waals surface area contributed by atoms with E-state index >= 15 is 0 Å². The molecule has 3 rings (SSSR count). The summed E-state index contributed by atoms with van der Waals surface area (Å²) < 4.78 is 0. The van der Waals surface area contributed by atoms with Crippen LogP contribution in [-0.2, 0) is 0 Å². The largest absolute Gasteiger partial charge is 0.399 e. The average molecular weight is 253 g/mol. The van der Waals surface area contributed by atoms with Gasteiger partial charge in [-0.15, -0.1) is 0 Å². The molecule has 3 aliphatic carbocycles. The van der Waals surface area contributed by atoms with E-state index in [0.717, 1.165) is 18.5 Å². The van der Waals surface area contributed by atoms with Crippen molar-refractivity contribution >= 4 is 0 Å². The zero-order valence-electron chi connectivity index (χ0n) is 11.8. The quantitative estimate of drug-likeness (QED) is 0.728. The fraction of sp³-hybridized carbons (Fsp3) is 0.444. The van der Waals surface area contributed by atoms with Gasteiger partial charge in [0.1, 0.15) is 0 Å². The maximum absolute atomic E-state index is 6.06. The summed E-state index contributed by atoms with van der Waals surface area (Å²) in [5, 5.41) is 0. The molecule has 2 N–H and O–H groups in total. The van der Waals surface area contributed by atoms with E-state index in [1.807, 2.05) is 13.0 Å². The number of hydrogen-bond acceptors (Lipinski definition) is 1. The van der Waals surface area contributed by atoms with Crippen LogP contribution in [0.3, 0.4) is 0 Å². The Kier molecular flexibility index (Phi) is 3.00. The van der Waals surface area contributed by atoms with E-state index in [-0.39, 0.29) is 5.41 Å². The second-order valence-electron chi connectivity index (χ2n) is 5.95. The highest BCUT2D eigenvalue weighted by Gasteiger charge is 2.47. The minimum Gasteiger partial charge on any atom is -0.399 e. The van der Waals surface area contributed by atoms with Crippen molar-refractivity contribution < 1.29 is 0 Å². The molecule has 3 aliphatic rings. The van der Waals surface area contributed by atoms with Crippen molar-refractivity contribution in [3.05, 3.63) is 58.9 Å². The molecule has 1 saturated carbocycles. The van der Waals surface area contributed by atoms with Gasteiger partial charge < -0.3 is 5.73 Å². The summed E-state index contributed by atoms with van der Waals surface area (Å²) in [5.74, 6) is 0. The summed E-state index contributed by atoms with van der Waals surface area (Å²) in [4.78, 5) is 0. The van der Waals surface area contributed by atoms with Gasteiger partial charge in [0.25, 0.3) is 0 Å². The van der Waals surface area contributed by atoms with Crippen LogP contribution in [0.15, 0.2) is 58.9 Å². The standard InChI is InChI=1S/C18H23N/c1-3-14(19)12-17-13(2)15-8-4-5-9-16(15)18(17)10-6-7-11-18/h3,5,9,12H,2,4,6-8,10-11,19H2,1H3/b14-3+,17-12+. The molecule has 0 radical (unpaired) electrons. The Hall–Kier alpha value is -1.50. The molecule has 0 saturated heterocycles. The van der Waals surface area contributed by atoms with Crippen LogP contribution in [0.25, 0.3) is 0 Å². The molecule has 0 aromatic heterocycles. The molecule has 0 bridgehead atoms. The van der Waals surface area contributed by atoms with Crippen molar-refractivity contribution in [3.8, 4) is 0 Å². The number of allylic oxidation sites excluding steroid dienone is 8. The van der Waals surface area contributed by atoms with Gasteiger partial charge in [0, 0.05) is 11.1 Å². The average Bonchev–Trinajstić information content (AvgIpc) is 3.01. The first-order valence-corrected chi connectivity index (χ1v) is 7.43. The lowest BCUT2D eigenvalue weighted by atomic mass is 9.74. The Balaban J connectivity index is 2.14. The SMILES string of the molecule is C=C1C2=C(C=CCC2)C2(CCCC2)/C1=C/C(N)=C\C. The second kappa shape index (κ2) is 4.56. The van der Waals surface area contributed by atoms with E-state index in [0.29, 0.717) is 0 Å². The number of nitrogens with two attached hydrogens (primary N) is 1. The predicted molar refractivity (Wildman–Crippen MR) is 81.5 cm³/mol. The van der Waals surface area contributed by atoms with E-state index in [9.17, 15) is 0 Å². The lowest BCUT2D eigenvalue weighted by Gasteiger charge is -2.29. The number of hydrogen-bond donors (Lipinski definition) is 1. The molecule has 0 unspecified atom stereocenters. The zero-order valence-corrected chi connectivity index (χ0v) is 11.8. The van der Waals surface area contributed by atoms with E-state index in [1.165, 1.54) is 42.4 Å². The summed E-state index contributed by atoms with van der Waals surface area (Å²) in [6, 6.07) is 0. The molecule has 1 nitrogen and oxygen atoms in total. The van der Waals surface area contributed by atoms with Crippen LogP contribution in [0.2, 0.25) is 0 Å². The van der Waals surface area contributed by atoms with Crippen molar-refractivity contribution in [1.29, 1.82) is 0 Å². The van der Waals surface area contributed by atoms with Crippen molar-refractivity contribution in [2.75, 3.05) is 0 Å². The van der Waals surface area contributed by atoms with E-state index < -0.39 is 0 Å². The molecule has 1 spiro atoms. The third-order valence-electron chi connectivity index (χ3n) is 4.99. The van der Waals surface area contributed by atoms with Gasteiger partial charge in [0.2, 0.25) is 0 Å². The summed E-state index contributed by atoms with van der Waals surface area (Å²) >= 11 is 0. The van der Waals surface area contributed by atoms with Crippen LogP contribution in [0, 0.1) is 5.41 Å². The molecular formula is C18H23N. The Morgan fingerprint density at radius 1 is 1.37 bits per heavy atom. The molecule has 100 valence electrons. The first-order chi connectivity index (χ1) is 9.19. The highest BCUT2D eigenvalue weighted by molar-refractivity contribution is 5.66. The summed E-state index contributed by atoms with van der Waals surface area (Å²) in [6.45, 7) is 6.38. The molecule has 1 fully saturated rings. The molecule has 19 heavy (non-hydrogen) atoms. The molecular weight excluding hydrogens is 230 g/mol. The maximum Gasteiger partial charge on any atom is 0.0273 e. The van der Waals surface area contributed by atoms with Crippen LogP contribution >= 0.6 is 0 Å². The summed E-state index contributed by atoms with van der Waals surface area (Å²) in [6.07, 6.45) is 16.3. The highest BCUT2D eigenvalue weighted by Crippen LogP contribution is 2.60. The van der Waals surface area contributed by atoms with Gasteiger partial charge in [-0.25, -0.2) is 0 Å². The van der Waals surface area contributed by atoms with Crippen molar-refractivity contribution in [2.45, 2.75) is 45.4 Å².